The smallest absolute Gasteiger partial charge is 0.245 e. The van der Waals surface area contributed by atoms with Crippen LogP contribution in [0.3, 0.4) is 0 Å². The van der Waals surface area contributed by atoms with Gasteiger partial charge in [0, 0.05) is 13.1 Å². The summed E-state index contributed by atoms with van der Waals surface area (Å²) in [4.78, 5) is 0.289. The molecule has 0 aliphatic carbocycles. The molecule has 2 aliphatic rings. The maximum absolute atomic E-state index is 12.8. The number of fused-ring (bicyclic) bond motifs is 2. The van der Waals surface area contributed by atoms with Crippen LogP contribution in [0.15, 0.2) is 23.1 Å². The second-order valence-corrected chi connectivity index (χ2v) is 7.82. The van der Waals surface area contributed by atoms with E-state index in [4.69, 9.17) is 0 Å². The number of aromatic nitrogens is 2. The Balaban J connectivity index is 1.75. The van der Waals surface area contributed by atoms with Gasteiger partial charge in [0.25, 0.3) is 0 Å². The highest BCUT2D eigenvalue weighted by Crippen LogP contribution is 2.32. The molecule has 2 aliphatic heterocycles. The summed E-state index contributed by atoms with van der Waals surface area (Å²) in [6.45, 7) is 3.04. The van der Waals surface area contributed by atoms with Gasteiger partial charge in [-0.3, -0.25) is 0 Å². The Hall–Kier alpha value is -1.09. The number of nitrogens with one attached hydrogen (secondary N) is 1. The molecule has 20 heavy (non-hydrogen) atoms. The monoisotopic (exact) mass is 310 g/mol. The van der Waals surface area contributed by atoms with Gasteiger partial charge < -0.3 is 5.32 Å². The molecule has 1 aromatic carbocycles. The second-order valence-electron chi connectivity index (χ2n) is 5.39. The standard InChI is InChI=1S/C12H14N4O2S2/c17-20(18,16-6-8-4-13-5-9(8)7-16)11-3-1-2-10-12(11)15-19-14-10/h1-3,8-9,13H,4-7H2. The first-order valence-electron chi connectivity index (χ1n) is 6.58. The number of sulfonamides is 1. The lowest BCUT2D eigenvalue weighted by Gasteiger charge is -2.17. The molecule has 1 aromatic heterocycles. The van der Waals surface area contributed by atoms with Crippen LogP contribution in [0.25, 0.3) is 11.0 Å². The molecule has 2 atom stereocenters. The van der Waals surface area contributed by atoms with Crippen molar-refractivity contribution < 1.29 is 8.42 Å². The van der Waals surface area contributed by atoms with Crippen LogP contribution in [0.1, 0.15) is 0 Å². The van der Waals surface area contributed by atoms with Crippen molar-refractivity contribution in [2.75, 3.05) is 26.2 Å². The molecule has 106 valence electrons. The normalized spacial score (nSPS) is 27.2. The molecular weight excluding hydrogens is 296 g/mol. The molecule has 2 saturated heterocycles. The first kappa shape index (κ1) is 12.6. The number of benzene rings is 1. The topological polar surface area (TPSA) is 75.2 Å². The fourth-order valence-electron chi connectivity index (χ4n) is 3.14. The number of hydrogen-bond donors (Lipinski definition) is 1. The van der Waals surface area contributed by atoms with E-state index < -0.39 is 10.0 Å². The first-order chi connectivity index (χ1) is 9.66. The lowest BCUT2D eigenvalue weighted by atomic mass is 10.0. The molecule has 8 heteroatoms. The van der Waals surface area contributed by atoms with Gasteiger partial charge in [-0.15, -0.1) is 0 Å². The number of hydrogen-bond acceptors (Lipinski definition) is 6. The molecular formula is C12H14N4O2S2. The molecule has 0 bridgehead atoms. The molecule has 6 nitrogen and oxygen atoms in total. The lowest BCUT2D eigenvalue weighted by molar-refractivity contribution is 0.448. The highest BCUT2D eigenvalue weighted by atomic mass is 32.2. The summed E-state index contributed by atoms with van der Waals surface area (Å²) in [7, 11) is -3.47. The van der Waals surface area contributed by atoms with Gasteiger partial charge in [0.2, 0.25) is 10.0 Å². The Labute approximate surface area is 121 Å². The largest absolute Gasteiger partial charge is 0.316 e. The SMILES string of the molecule is O=S(=O)(c1cccc2nsnc12)N1CC2CNCC2C1. The van der Waals surface area contributed by atoms with Crippen LogP contribution in [-0.4, -0.2) is 47.6 Å². The van der Waals surface area contributed by atoms with Gasteiger partial charge in [-0.25, -0.2) is 8.42 Å². The van der Waals surface area contributed by atoms with Crippen LogP contribution in [0.4, 0.5) is 0 Å². The minimum Gasteiger partial charge on any atom is -0.316 e. The van der Waals surface area contributed by atoms with Crippen molar-refractivity contribution in [2.45, 2.75) is 4.90 Å². The zero-order valence-corrected chi connectivity index (χ0v) is 12.3. The van der Waals surface area contributed by atoms with Crippen LogP contribution >= 0.6 is 11.7 Å². The molecule has 1 N–H and O–H groups in total. The van der Waals surface area contributed by atoms with Crippen molar-refractivity contribution in [3.05, 3.63) is 18.2 Å². The highest BCUT2D eigenvalue weighted by Gasteiger charge is 2.42. The third-order valence-corrected chi connectivity index (χ3v) is 6.63. The molecule has 0 radical (unpaired) electrons. The van der Waals surface area contributed by atoms with Crippen molar-refractivity contribution in [2.24, 2.45) is 11.8 Å². The quantitative estimate of drug-likeness (QED) is 0.876. The highest BCUT2D eigenvalue weighted by molar-refractivity contribution is 7.89. The minimum atomic E-state index is -3.47. The summed E-state index contributed by atoms with van der Waals surface area (Å²) < 4.78 is 35.5. The van der Waals surface area contributed by atoms with Gasteiger partial charge >= 0.3 is 0 Å². The predicted octanol–water partition coefficient (Wildman–Crippen LogP) is 0.531. The van der Waals surface area contributed by atoms with Gasteiger partial charge in [-0.05, 0) is 37.1 Å². The third-order valence-electron chi connectivity index (χ3n) is 4.22. The molecule has 3 heterocycles. The fourth-order valence-corrected chi connectivity index (χ4v) is 5.44. The van der Waals surface area contributed by atoms with Crippen LogP contribution in [0.2, 0.25) is 0 Å². The van der Waals surface area contributed by atoms with E-state index in [0.717, 1.165) is 24.8 Å². The van der Waals surface area contributed by atoms with E-state index in [2.05, 4.69) is 14.1 Å². The number of nitrogens with zero attached hydrogens (tertiary/aromatic N) is 3. The van der Waals surface area contributed by atoms with E-state index in [9.17, 15) is 8.42 Å². The molecule has 2 unspecified atom stereocenters. The van der Waals surface area contributed by atoms with E-state index in [1.165, 1.54) is 0 Å². The summed E-state index contributed by atoms with van der Waals surface area (Å²) >= 11 is 1.05. The fraction of sp³-hybridized carbons (Fsp3) is 0.500. The lowest BCUT2D eigenvalue weighted by Crippen LogP contribution is -2.32. The summed E-state index contributed by atoms with van der Waals surface area (Å²) in [5, 5.41) is 3.32. The van der Waals surface area contributed by atoms with Gasteiger partial charge in [-0.2, -0.15) is 13.1 Å². The van der Waals surface area contributed by atoms with Crippen LogP contribution in [0, 0.1) is 11.8 Å². The Morgan fingerprint density at radius 2 is 1.95 bits per heavy atom. The van der Waals surface area contributed by atoms with Gasteiger partial charge in [0.05, 0.1) is 11.7 Å². The Morgan fingerprint density at radius 3 is 2.70 bits per heavy atom. The zero-order chi connectivity index (χ0) is 13.7. The van der Waals surface area contributed by atoms with Crippen molar-refractivity contribution >= 4 is 32.8 Å². The zero-order valence-electron chi connectivity index (χ0n) is 10.7. The van der Waals surface area contributed by atoms with E-state index in [1.54, 1.807) is 22.5 Å². The van der Waals surface area contributed by atoms with Crippen molar-refractivity contribution in [1.82, 2.24) is 18.4 Å². The second kappa shape index (κ2) is 4.45. The van der Waals surface area contributed by atoms with E-state index in [0.29, 0.717) is 36.0 Å². The summed E-state index contributed by atoms with van der Waals surface area (Å²) in [5.74, 6) is 0.884. The predicted molar refractivity (Wildman–Crippen MR) is 76.0 cm³/mol. The minimum absolute atomic E-state index is 0.289. The van der Waals surface area contributed by atoms with Crippen LogP contribution in [0.5, 0.6) is 0 Å². The Kier molecular flexibility index (Phi) is 2.81. The van der Waals surface area contributed by atoms with Gasteiger partial charge in [-0.1, -0.05) is 6.07 Å². The van der Waals surface area contributed by atoms with Crippen molar-refractivity contribution in [1.29, 1.82) is 0 Å². The Morgan fingerprint density at radius 1 is 1.20 bits per heavy atom. The summed E-state index contributed by atoms with van der Waals surface area (Å²) in [5.41, 5.74) is 1.14. The van der Waals surface area contributed by atoms with Crippen LogP contribution in [-0.2, 0) is 10.0 Å². The Bertz CT molecular complexity index is 746. The van der Waals surface area contributed by atoms with Crippen molar-refractivity contribution in [3.63, 3.8) is 0 Å². The van der Waals surface area contributed by atoms with E-state index in [-0.39, 0.29) is 4.90 Å². The molecule has 4 rings (SSSR count). The van der Waals surface area contributed by atoms with Gasteiger partial charge in [0.1, 0.15) is 15.9 Å². The third kappa shape index (κ3) is 1.79. The average molecular weight is 310 g/mol. The molecule has 2 fully saturated rings. The summed E-state index contributed by atoms with van der Waals surface area (Å²) in [6, 6.07) is 5.15. The van der Waals surface area contributed by atoms with E-state index in [1.807, 2.05) is 0 Å². The van der Waals surface area contributed by atoms with Gasteiger partial charge in [0.15, 0.2) is 0 Å². The first-order valence-corrected chi connectivity index (χ1v) is 8.75. The maximum Gasteiger partial charge on any atom is 0.245 e. The molecule has 2 aromatic rings. The number of rotatable bonds is 2. The molecule has 0 spiro atoms. The molecule has 0 amide bonds. The maximum atomic E-state index is 12.8. The van der Waals surface area contributed by atoms with E-state index >= 15 is 0 Å². The molecule has 0 saturated carbocycles. The summed E-state index contributed by atoms with van der Waals surface area (Å²) in [6.07, 6.45) is 0. The van der Waals surface area contributed by atoms with Crippen molar-refractivity contribution in [3.8, 4) is 0 Å². The average Bonchev–Trinajstić information content (AvgIpc) is 3.12. The van der Waals surface area contributed by atoms with Crippen LogP contribution < -0.4 is 5.32 Å².